The summed E-state index contributed by atoms with van der Waals surface area (Å²) < 4.78 is 5.20. The minimum atomic E-state index is -0.284. The van der Waals surface area contributed by atoms with E-state index in [1.807, 2.05) is 17.5 Å². The molecule has 0 aromatic carbocycles. The smallest absolute Gasteiger partial charge is 0.287 e. The molecule has 0 unspecified atom stereocenters. The Morgan fingerprint density at radius 1 is 1.32 bits per heavy atom. The molecule has 2 heterocycles. The molecule has 0 radical (unpaired) electrons. The Morgan fingerprint density at radius 2 is 2.16 bits per heavy atom. The summed E-state index contributed by atoms with van der Waals surface area (Å²) in [6.45, 7) is 1.93. The Bertz CT molecular complexity index is 560. The summed E-state index contributed by atoms with van der Waals surface area (Å²) in [5.74, 6) is -0.0574. The Balaban J connectivity index is 1.82. The summed E-state index contributed by atoms with van der Waals surface area (Å²) in [4.78, 5) is 23.8. The molecular formula is C13H14N2O3S. The summed E-state index contributed by atoms with van der Waals surface area (Å²) in [5, 5.41) is 7.24. The van der Waals surface area contributed by atoms with E-state index in [2.05, 4.69) is 10.6 Å². The number of furan rings is 1. The molecule has 0 fully saturated rings. The zero-order valence-electron chi connectivity index (χ0n) is 10.4. The second-order valence-corrected chi connectivity index (χ2v) is 4.96. The number of amides is 2. The van der Waals surface area contributed by atoms with E-state index in [0.29, 0.717) is 6.54 Å². The van der Waals surface area contributed by atoms with Crippen LogP contribution in [0.1, 0.15) is 22.4 Å². The minimum absolute atomic E-state index is 0.190. The molecule has 2 amide bonds. The van der Waals surface area contributed by atoms with Crippen LogP contribution in [-0.2, 0) is 11.2 Å². The van der Waals surface area contributed by atoms with Crippen molar-refractivity contribution in [2.45, 2.75) is 13.3 Å². The maximum atomic E-state index is 11.8. The van der Waals surface area contributed by atoms with Crippen molar-refractivity contribution in [2.75, 3.05) is 11.9 Å². The highest BCUT2D eigenvalue weighted by atomic mass is 32.1. The average Bonchev–Trinajstić information content (AvgIpc) is 2.99. The lowest BCUT2D eigenvalue weighted by molar-refractivity contribution is -0.114. The van der Waals surface area contributed by atoms with Crippen molar-refractivity contribution in [3.63, 3.8) is 0 Å². The van der Waals surface area contributed by atoms with E-state index in [0.717, 1.165) is 6.42 Å². The number of carbonyl (C=O) groups excluding carboxylic acids is 2. The van der Waals surface area contributed by atoms with Crippen molar-refractivity contribution in [1.82, 2.24) is 5.32 Å². The topological polar surface area (TPSA) is 71.3 Å². The molecular weight excluding hydrogens is 264 g/mol. The largest absolute Gasteiger partial charge is 0.435 e. The van der Waals surface area contributed by atoms with Crippen molar-refractivity contribution in [3.05, 3.63) is 40.3 Å². The number of hydrogen-bond acceptors (Lipinski definition) is 4. The van der Waals surface area contributed by atoms with Gasteiger partial charge in [0.2, 0.25) is 5.91 Å². The lowest BCUT2D eigenvalue weighted by atomic mass is 10.3. The van der Waals surface area contributed by atoms with Gasteiger partial charge in [-0.2, -0.15) is 0 Å². The zero-order chi connectivity index (χ0) is 13.7. The predicted molar refractivity (Wildman–Crippen MR) is 73.4 cm³/mol. The molecule has 2 N–H and O–H groups in total. The minimum Gasteiger partial charge on any atom is -0.435 e. The van der Waals surface area contributed by atoms with Gasteiger partial charge in [-0.3, -0.25) is 14.9 Å². The number of nitrogens with one attached hydrogen (secondary N) is 2. The first-order chi connectivity index (χ1) is 9.15. The van der Waals surface area contributed by atoms with Crippen molar-refractivity contribution >= 4 is 29.0 Å². The van der Waals surface area contributed by atoms with Gasteiger partial charge >= 0.3 is 0 Å². The molecule has 0 spiro atoms. The second kappa shape index (κ2) is 6.19. The van der Waals surface area contributed by atoms with Crippen LogP contribution in [0.4, 0.5) is 5.88 Å². The van der Waals surface area contributed by atoms with Crippen LogP contribution in [0, 0.1) is 0 Å². The van der Waals surface area contributed by atoms with Crippen LogP contribution in [0.2, 0.25) is 0 Å². The molecule has 0 atom stereocenters. The van der Waals surface area contributed by atoms with Gasteiger partial charge in [-0.1, -0.05) is 6.07 Å². The first kappa shape index (κ1) is 13.4. The quantitative estimate of drug-likeness (QED) is 0.881. The van der Waals surface area contributed by atoms with E-state index in [9.17, 15) is 9.59 Å². The highest BCUT2D eigenvalue weighted by Crippen LogP contribution is 2.13. The van der Waals surface area contributed by atoms with E-state index >= 15 is 0 Å². The molecule has 0 aliphatic heterocycles. The molecule has 0 saturated carbocycles. The zero-order valence-corrected chi connectivity index (χ0v) is 11.3. The highest BCUT2D eigenvalue weighted by Gasteiger charge is 2.11. The van der Waals surface area contributed by atoms with Crippen molar-refractivity contribution in [1.29, 1.82) is 0 Å². The van der Waals surface area contributed by atoms with Gasteiger partial charge in [-0.05, 0) is 23.9 Å². The van der Waals surface area contributed by atoms with Crippen LogP contribution in [0.3, 0.4) is 0 Å². The third-order valence-corrected chi connectivity index (χ3v) is 3.30. The van der Waals surface area contributed by atoms with Gasteiger partial charge < -0.3 is 9.73 Å². The molecule has 0 aliphatic carbocycles. The normalized spacial score (nSPS) is 10.2. The SMILES string of the molecule is CC(=O)Nc1ccc(C(=O)NCCc2cccs2)o1. The van der Waals surface area contributed by atoms with E-state index < -0.39 is 0 Å². The summed E-state index contributed by atoms with van der Waals surface area (Å²) in [6, 6.07) is 7.09. The van der Waals surface area contributed by atoms with Crippen LogP contribution < -0.4 is 10.6 Å². The van der Waals surface area contributed by atoms with E-state index in [4.69, 9.17) is 4.42 Å². The van der Waals surface area contributed by atoms with Crippen molar-refractivity contribution in [3.8, 4) is 0 Å². The molecule has 5 nitrogen and oxygen atoms in total. The van der Waals surface area contributed by atoms with Gasteiger partial charge in [0.1, 0.15) is 0 Å². The third-order valence-electron chi connectivity index (χ3n) is 2.37. The number of hydrogen-bond donors (Lipinski definition) is 2. The number of thiophene rings is 1. The summed E-state index contributed by atoms with van der Waals surface area (Å²) >= 11 is 1.66. The number of rotatable bonds is 5. The van der Waals surface area contributed by atoms with Crippen LogP contribution >= 0.6 is 11.3 Å². The van der Waals surface area contributed by atoms with Crippen molar-refractivity contribution < 1.29 is 14.0 Å². The molecule has 0 bridgehead atoms. The Kier molecular flexibility index (Phi) is 4.35. The monoisotopic (exact) mass is 278 g/mol. The Morgan fingerprint density at radius 3 is 2.84 bits per heavy atom. The van der Waals surface area contributed by atoms with E-state index in [1.165, 1.54) is 17.9 Å². The van der Waals surface area contributed by atoms with Crippen LogP contribution in [0.5, 0.6) is 0 Å². The summed E-state index contributed by atoms with van der Waals surface area (Å²) in [5.41, 5.74) is 0. The first-order valence-electron chi connectivity index (χ1n) is 5.83. The molecule has 2 aromatic rings. The Hall–Kier alpha value is -2.08. The predicted octanol–water partition coefficient (Wildman–Crippen LogP) is 2.27. The standard InChI is InChI=1S/C13H14N2O3S/c1-9(16)15-12-5-4-11(18-12)13(17)14-7-6-10-3-2-8-19-10/h2-5,8H,6-7H2,1H3,(H,14,17)(H,15,16). The fourth-order valence-corrected chi connectivity index (χ4v) is 2.25. The third kappa shape index (κ3) is 3.96. The average molecular weight is 278 g/mol. The van der Waals surface area contributed by atoms with Crippen molar-refractivity contribution in [2.24, 2.45) is 0 Å². The lowest BCUT2D eigenvalue weighted by Crippen LogP contribution is -2.25. The maximum Gasteiger partial charge on any atom is 0.287 e. The van der Waals surface area contributed by atoms with Crippen LogP contribution in [0.15, 0.2) is 34.1 Å². The van der Waals surface area contributed by atoms with Gasteiger partial charge in [-0.25, -0.2) is 0 Å². The van der Waals surface area contributed by atoms with E-state index in [1.54, 1.807) is 17.4 Å². The summed E-state index contributed by atoms with van der Waals surface area (Å²) in [6.07, 6.45) is 0.794. The molecule has 2 rings (SSSR count). The molecule has 19 heavy (non-hydrogen) atoms. The molecule has 6 heteroatoms. The molecule has 0 saturated heterocycles. The van der Waals surface area contributed by atoms with Gasteiger partial charge in [-0.15, -0.1) is 11.3 Å². The number of anilines is 1. The van der Waals surface area contributed by atoms with Crippen LogP contribution in [-0.4, -0.2) is 18.4 Å². The summed E-state index contributed by atoms with van der Waals surface area (Å²) in [7, 11) is 0. The number of carbonyl (C=O) groups is 2. The van der Waals surface area contributed by atoms with E-state index in [-0.39, 0.29) is 23.5 Å². The van der Waals surface area contributed by atoms with Crippen LogP contribution in [0.25, 0.3) is 0 Å². The fourth-order valence-electron chi connectivity index (χ4n) is 1.54. The van der Waals surface area contributed by atoms with Gasteiger partial charge in [0.05, 0.1) is 0 Å². The van der Waals surface area contributed by atoms with Gasteiger partial charge in [0.15, 0.2) is 11.6 Å². The molecule has 100 valence electrons. The maximum absolute atomic E-state index is 11.8. The van der Waals surface area contributed by atoms with Gasteiger partial charge in [0, 0.05) is 24.4 Å². The van der Waals surface area contributed by atoms with Gasteiger partial charge in [0.25, 0.3) is 5.91 Å². The molecule has 0 aliphatic rings. The highest BCUT2D eigenvalue weighted by molar-refractivity contribution is 7.09. The molecule has 2 aromatic heterocycles. The second-order valence-electron chi connectivity index (χ2n) is 3.93. The Labute approximate surface area is 114 Å². The fraction of sp³-hybridized carbons (Fsp3) is 0.231. The first-order valence-corrected chi connectivity index (χ1v) is 6.71. The lowest BCUT2D eigenvalue weighted by Gasteiger charge is -2.01.